The van der Waals surface area contributed by atoms with Crippen LogP contribution in [-0.4, -0.2) is 41.1 Å². The third kappa shape index (κ3) is 3.49. The Morgan fingerprint density at radius 2 is 1.50 bits per heavy atom. The summed E-state index contributed by atoms with van der Waals surface area (Å²) < 4.78 is 0. The van der Waals surface area contributed by atoms with Gasteiger partial charge in [-0.25, -0.2) is 0 Å². The molecule has 1 aromatic rings. The first-order chi connectivity index (χ1) is 9.49. The molecule has 4 heteroatoms. The van der Waals surface area contributed by atoms with Crippen LogP contribution in [0.15, 0.2) is 24.3 Å². The minimum Gasteiger partial charge on any atom is -0.376 e. The molecule has 0 aromatic heterocycles. The van der Waals surface area contributed by atoms with Crippen LogP contribution in [0, 0.1) is 0 Å². The molecule has 0 saturated carbocycles. The fraction of sp³-hybridized carbons (Fsp3) is 0.562. The van der Waals surface area contributed by atoms with Gasteiger partial charge in [-0.1, -0.05) is 38.1 Å². The maximum atomic E-state index is 5.68. The molecule has 20 heavy (non-hydrogen) atoms. The predicted molar refractivity (Wildman–Crippen MR) is 88.9 cm³/mol. The topological polar surface area (TPSA) is 32.5 Å². The van der Waals surface area contributed by atoms with Crippen molar-refractivity contribution in [2.75, 3.05) is 26.2 Å². The monoisotopic (exact) mass is 291 g/mol. The average Bonchev–Trinajstić information content (AvgIpc) is 2.46. The van der Waals surface area contributed by atoms with Gasteiger partial charge in [0, 0.05) is 32.2 Å². The SMILES string of the molecule is CC(C)c1ccc(C(C)N2CCN(C(N)=S)CC2)cc1. The molecule has 0 aliphatic carbocycles. The molecule has 1 saturated heterocycles. The molecule has 110 valence electrons. The van der Waals surface area contributed by atoms with E-state index in [1.165, 1.54) is 11.1 Å². The summed E-state index contributed by atoms with van der Waals surface area (Å²) in [5.41, 5.74) is 8.47. The first kappa shape index (κ1) is 15.3. The molecule has 1 aromatic carbocycles. The third-order valence-corrected chi connectivity index (χ3v) is 4.52. The molecule has 1 aliphatic heterocycles. The van der Waals surface area contributed by atoms with Gasteiger partial charge in [0.1, 0.15) is 0 Å². The van der Waals surface area contributed by atoms with Crippen LogP contribution in [0.4, 0.5) is 0 Å². The van der Waals surface area contributed by atoms with E-state index in [-0.39, 0.29) is 0 Å². The fourth-order valence-electron chi connectivity index (χ4n) is 2.70. The number of nitrogens with two attached hydrogens (primary N) is 1. The third-order valence-electron chi connectivity index (χ3n) is 4.26. The van der Waals surface area contributed by atoms with E-state index < -0.39 is 0 Å². The minimum absolute atomic E-state index is 0.449. The molecule has 1 aliphatic rings. The molecule has 2 rings (SSSR count). The van der Waals surface area contributed by atoms with Crippen molar-refractivity contribution in [3.8, 4) is 0 Å². The number of thiocarbonyl (C=S) groups is 1. The van der Waals surface area contributed by atoms with Crippen LogP contribution in [-0.2, 0) is 0 Å². The predicted octanol–water partition coefficient (Wildman–Crippen LogP) is 2.73. The Morgan fingerprint density at radius 1 is 1.00 bits per heavy atom. The lowest BCUT2D eigenvalue weighted by atomic mass is 9.99. The highest BCUT2D eigenvalue weighted by Gasteiger charge is 2.22. The summed E-state index contributed by atoms with van der Waals surface area (Å²) in [4.78, 5) is 4.58. The second kappa shape index (κ2) is 6.55. The first-order valence-electron chi connectivity index (χ1n) is 7.37. The van der Waals surface area contributed by atoms with Crippen molar-refractivity contribution in [1.82, 2.24) is 9.80 Å². The Kier molecular flexibility index (Phi) is 5.00. The van der Waals surface area contributed by atoms with Crippen molar-refractivity contribution in [2.45, 2.75) is 32.7 Å². The lowest BCUT2D eigenvalue weighted by Gasteiger charge is -2.38. The van der Waals surface area contributed by atoms with Gasteiger partial charge >= 0.3 is 0 Å². The normalized spacial score (nSPS) is 18.3. The first-order valence-corrected chi connectivity index (χ1v) is 7.78. The van der Waals surface area contributed by atoms with Crippen molar-refractivity contribution in [3.63, 3.8) is 0 Å². The summed E-state index contributed by atoms with van der Waals surface area (Å²) in [5, 5.41) is 0.526. The van der Waals surface area contributed by atoms with Gasteiger partial charge < -0.3 is 10.6 Å². The number of rotatable bonds is 3. The lowest BCUT2D eigenvalue weighted by molar-refractivity contribution is 0.141. The molecule has 0 spiro atoms. The van der Waals surface area contributed by atoms with E-state index in [4.69, 9.17) is 18.0 Å². The molecule has 1 atom stereocenters. The van der Waals surface area contributed by atoms with E-state index in [9.17, 15) is 0 Å². The highest BCUT2D eigenvalue weighted by Crippen LogP contribution is 2.23. The Hall–Kier alpha value is -1.13. The van der Waals surface area contributed by atoms with Gasteiger partial charge in [-0.3, -0.25) is 4.90 Å². The Balaban J connectivity index is 1.98. The molecule has 1 heterocycles. The standard InChI is InChI=1S/C16H25N3S/c1-12(2)14-4-6-15(7-5-14)13(3)18-8-10-19(11-9-18)16(17)20/h4-7,12-13H,8-11H2,1-3H3,(H2,17,20). The molecule has 3 nitrogen and oxygen atoms in total. The van der Waals surface area contributed by atoms with Crippen molar-refractivity contribution in [2.24, 2.45) is 5.73 Å². The summed E-state index contributed by atoms with van der Waals surface area (Å²) in [6.45, 7) is 10.6. The van der Waals surface area contributed by atoms with E-state index in [0.717, 1.165) is 26.2 Å². The molecule has 0 amide bonds. The molecule has 0 bridgehead atoms. The zero-order valence-corrected chi connectivity index (χ0v) is 13.5. The number of benzene rings is 1. The number of piperazine rings is 1. The highest BCUT2D eigenvalue weighted by atomic mass is 32.1. The highest BCUT2D eigenvalue weighted by molar-refractivity contribution is 7.80. The van der Waals surface area contributed by atoms with E-state index in [1.54, 1.807) is 0 Å². The fourth-order valence-corrected chi connectivity index (χ4v) is 2.88. The summed E-state index contributed by atoms with van der Waals surface area (Å²) >= 11 is 5.04. The molecular formula is C16H25N3S. The van der Waals surface area contributed by atoms with Crippen LogP contribution < -0.4 is 5.73 Å². The lowest BCUT2D eigenvalue weighted by Crippen LogP contribution is -2.50. The average molecular weight is 291 g/mol. The van der Waals surface area contributed by atoms with Gasteiger partial charge in [-0.2, -0.15) is 0 Å². The largest absolute Gasteiger partial charge is 0.376 e. The van der Waals surface area contributed by atoms with E-state index >= 15 is 0 Å². The Labute approximate surface area is 127 Å². The van der Waals surface area contributed by atoms with E-state index in [2.05, 4.69) is 54.8 Å². The van der Waals surface area contributed by atoms with Crippen LogP contribution in [0.5, 0.6) is 0 Å². The summed E-state index contributed by atoms with van der Waals surface area (Å²) in [6.07, 6.45) is 0. The molecule has 2 N–H and O–H groups in total. The van der Waals surface area contributed by atoms with Crippen LogP contribution in [0.2, 0.25) is 0 Å². The van der Waals surface area contributed by atoms with Gasteiger partial charge in [0.05, 0.1) is 0 Å². The molecular weight excluding hydrogens is 266 g/mol. The zero-order valence-electron chi connectivity index (χ0n) is 12.7. The van der Waals surface area contributed by atoms with Crippen molar-refractivity contribution >= 4 is 17.3 Å². The molecule has 0 radical (unpaired) electrons. The second-order valence-electron chi connectivity index (χ2n) is 5.86. The maximum Gasteiger partial charge on any atom is 0.166 e. The minimum atomic E-state index is 0.449. The van der Waals surface area contributed by atoms with Crippen molar-refractivity contribution in [3.05, 3.63) is 35.4 Å². The van der Waals surface area contributed by atoms with Crippen LogP contribution in [0.25, 0.3) is 0 Å². The zero-order chi connectivity index (χ0) is 14.7. The van der Waals surface area contributed by atoms with Gasteiger partial charge in [-0.05, 0) is 36.2 Å². The van der Waals surface area contributed by atoms with Gasteiger partial charge in [0.2, 0.25) is 0 Å². The summed E-state index contributed by atoms with van der Waals surface area (Å²) in [5.74, 6) is 0.591. The van der Waals surface area contributed by atoms with Gasteiger partial charge in [0.15, 0.2) is 5.11 Å². The van der Waals surface area contributed by atoms with Crippen LogP contribution in [0.1, 0.15) is 43.9 Å². The van der Waals surface area contributed by atoms with E-state index in [1.807, 2.05) is 0 Å². The quantitative estimate of drug-likeness (QED) is 0.868. The van der Waals surface area contributed by atoms with Crippen LogP contribution in [0.3, 0.4) is 0 Å². The van der Waals surface area contributed by atoms with Crippen molar-refractivity contribution in [1.29, 1.82) is 0 Å². The summed E-state index contributed by atoms with van der Waals surface area (Å²) in [6, 6.07) is 9.48. The Morgan fingerprint density at radius 3 is 1.95 bits per heavy atom. The van der Waals surface area contributed by atoms with Gasteiger partial charge in [-0.15, -0.1) is 0 Å². The maximum absolute atomic E-state index is 5.68. The molecule has 1 fully saturated rings. The summed E-state index contributed by atoms with van der Waals surface area (Å²) in [7, 11) is 0. The Bertz CT molecular complexity index is 447. The number of hydrogen-bond acceptors (Lipinski definition) is 2. The number of hydrogen-bond donors (Lipinski definition) is 1. The number of nitrogens with zero attached hydrogens (tertiary/aromatic N) is 2. The second-order valence-corrected chi connectivity index (χ2v) is 6.28. The van der Waals surface area contributed by atoms with Crippen LogP contribution >= 0.6 is 12.2 Å². The van der Waals surface area contributed by atoms with E-state index in [0.29, 0.717) is 17.1 Å². The van der Waals surface area contributed by atoms with Gasteiger partial charge in [0.25, 0.3) is 0 Å². The smallest absolute Gasteiger partial charge is 0.166 e. The molecule has 1 unspecified atom stereocenters. The van der Waals surface area contributed by atoms with Crippen molar-refractivity contribution < 1.29 is 0 Å².